The summed E-state index contributed by atoms with van der Waals surface area (Å²) in [6.45, 7) is 3.83. The number of benzene rings is 2. The summed E-state index contributed by atoms with van der Waals surface area (Å²) in [5.41, 5.74) is 9.63. The van der Waals surface area contributed by atoms with Crippen molar-refractivity contribution < 1.29 is 9.21 Å². The summed E-state index contributed by atoms with van der Waals surface area (Å²) in [6.07, 6.45) is 0. The number of rotatable bonds is 3. The van der Waals surface area contributed by atoms with Crippen LogP contribution in [0.25, 0.3) is 11.3 Å². The number of carbonyl (C=O) groups excluding carboxylic acids is 1. The van der Waals surface area contributed by atoms with Gasteiger partial charge in [0.2, 0.25) is 0 Å². The molecule has 3 rings (SSSR count). The van der Waals surface area contributed by atoms with Crippen molar-refractivity contribution in [2.45, 2.75) is 13.8 Å². The zero-order valence-electron chi connectivity index (χ0n) is 13.7. The lowest BCUT2D eigenvalue weighted by atomic mass is 10.1. The average Bonchev–Trinajstić information content (AvgIpc) is 3.03. The minimum Gasteiger partial charge on any atom is -0.451 e. The van der Waals surface area contributed by atoms with Crippen LogP contribution < -0.4 is 11.1 Å². The third kappa shape index (κ3) is 3.50. The number of furan rings is 1. The topological polar surface area (TPSA) is 68.3 Å². The van der Waals surface area contributed by atoms with E-state index in [9.17, 15) is 4.79 Å². The number of halogens is 2. The number of hydrogen-bond acceptors (Lipinski definition) is 3. The van der Waals surface area contributed by atoms with Gasteiger partial charge in [0.25, 0.3) is 5.91 Å². The number of amides is 1. The van der Waals surface area contributed by atoms with E-state index in [2.05, 4.69) is 5.32 Å². The molecule has 0 saturated carbocycles. The Hall–Kier alpha value is -2.43. The third-order valence-corrected chi connectivity index (χ3v) is 4.61. The molecule has 0 atom stereocenters. The fraction of sp³-hybridized carbons (Fsp3) is 0.105. The van der Waals surface area contributed by atoms with Gasteiger partial charge in [-0.3, -0.25) is 4.79 Å². The molecule has 0 spiro atoms. The van der Waals surface area contributed by atoms with Gasteiger partial charge >= 0.3 is 0 Å². The predicted octanol–water partition coefficient (Wildman–Crippen LogP) is 5.70. The normalized spacial score (nSPS) is 10.7. The molecule has 0 aliphatic carbocycles. The van der Waals surface area contributed by atoms with Crippen molar-refractivity contribution in [2.75, 3.05) is 11.1 Å². The highest BCUT2D eigenvalue weighted by atomic mass is 35.5. The molecule has 1 aromatic heterocycles. The molecular formula is C19H16Cl2N2O2. The molecule has 0 bridgehead atoms. The molecule has 0 saturated heterocycles. The van der Waals surface area contributed by atoms with Gasteiger partial charge in [0.05, 0.1) is 21.4 Å². The van der Waals surface area contributed by atoms with Crippen molar-refractivity contribution in [3.8, 4) is 11.3 Å². The first-order valence-electron chi connectivity index (χ1n) is 7.59. The van der Waals surface area contributed by atoms with Crippen molar-refractivity contribution in [2.24, 2.45) is 0 Å². The Labute approximate surface area is 155 Å². The van der Waals surface area contributed by atoms with Crippen LogP contribution in [-0.4, -0.2) is 5.91 Å². The Morgan fingerprint density at radius 3 is 2.60 bits per heavy atom. The minimum absolute atomic E-state index is 0.158. The molecule has 1 amide bonds. The van der Waals surface area contributed by atoms with E-state index in [0.717, 1.165) is 11.1 Å². The maximum Gasteiger partial charge on any atom is 0.291 e. The second kappa shape index (κ2) is 6.82. The number of nitrogens with two attached hydrogens (primary N) is 1. The van der Waals surface area contributed by atoms with Gasteiger partial charge in [-0.2, -0.15) is 0 Å². The summed E-state index contributed by atoms with van der Waals surface area (Å²) < 4.78 is 5.65. The van der Waals surface area contributed by atoms with E-state index in [1.54, 1.807) is 30.3 Å². The van der Waals surface area contributed by atoms with Gasteiger partial charge in [-0.05, 0) is 55.3 Å². The van der Waals surface area contributed by atoms with Gasteiger partial charge in [0.1, 0.15) is 5.76 Å². The maximum absolute atomic E-state index is 12.5. The molecule has 2 aromatic carbocycles. The standard InChI is InChI=1S/C19H16Cl2N2O2/c1-10-8-11(2)18(14(22)9-10)23-19(24)16-7-6-15(25-16)12-4-3-5-13(20)17(12)21/h3-9H,22H2,1-2H3,(H,23,24). The fourth-order valence-electron chi connectivity index (χ4n) is 2.65. The number of anilines is 2. The van der Waals surface area contributed by atoms with Crippen molar-refractivity contribution in [3.05, 3.63) is 69.4 Å². The van der Waals surface area contributed by atoms with Crippen LogP contribution in [0.1, 0.15) is 21.7 Å². The summed E-state index contributed by atoms with van der Waals surface area (Å²) in [5.74, 6) is 0.236. The van der Waals surface area contributed by atoms with E-state index in [1.807, 2.05) is 26.0 Å². The van der Waals surface area contributed by atoms with Crippen LogP contribution in [0.3, 0.4) is 0 Å². The molecule has 0 aliphatic heterocycles. The Morgan fingerprint density at radius 1 is 1.12 bits per heavy atom. The van der Waals surface area contributed by atoms with Crippen LogP contribution in [0.15, 0.2) is 46.9 Å². The van der Waals surface area contributed by atoms with Gasteiger partial charge < -0.3 is 15.5 Å². The quantitative estimate of drug-likeness (QED) is 0.577. The van der Waals surface area contributed by atoms with Gasteiger partial charge in [0.15, 0.2) is 5.76 Å². The Bertz CT molecular complexity index is 941. The molecule has 0 unspecified atom stereocenters. The Balaban J connectivity index is 1.88. The monoisotopic (exact) mass is 374 g/mol. The molecule has 4 nitrogen and oxygen atoms in total. The molecule has 128 valence electrons. The fourth-order valence-corrected chi connectivity index (χ4v) is 3.04. The zero-order valence-corrected chi connectivity index (χ0v) is 15.2. The lowest BCUT2D eigenvalue weighted by molar-refractivity contribution is 0.0997. The maximum atomic E-state index is 12.5. The van der Waals surface area contributed by atoms with Crippen LogP contribution in [0, 0.1) is 13.8 Å². The summed E-state index contributed by atoms with van der Waals surface area (Å²) in [5, 5.41) is 3.60. The summed E-state index contributed by atoms with van der Waals surface area (Å²) in [4.78, 5) is 12.5. The van der Waals surface area contributed by atoms with E-state index in [-0.39, 0.29) is 11.7 Å². The van der Waals surface area contributed by atoms with Crippen molar-refractivity contribution in [3.63, 3.8) is 0 Å². The highest BCUT2D eigenvalue weighted by Crippen LogP contribution is 2.34. The van der Waals surface area contributed by atoms with E-state index in [0.29, 0.717) is 32.7 Å². The molecule has 25 heavy (non-hydrogen) atoms. The molecule has 3 N–H and O–H groups in total. The molecule has 0 radical (unpaired) electrons. The molecule has 6 heteroatoms. The van der Waals surface area contributed by atoms with Crippen molar-refractivity contribution >= 4 is 40.5 Å². The van der Waals surface area contributed by atoms with Crippen LogP contribution in [0.2, 0.25) is 10.0 Å². The van der Waals surface area contributed by atoms with Gasteiger partial charge in [-0.25, -0.2) is 0 Å². The van der Waals surface area contributed by atoms with E-state index in [1.165, 1.54) is 0 Å². The predicted molar refractivity (Wildman–Crippen MR) is 102 cm³/mol. The lowest BCUT2D eigenvalue weighted by Crippen LogP contribution is -2.13. The summed E-state index contributed by atoms with van der Waals surface area (Å²) >= 11 is 12.2. The summed E-state index contributed by atoms with van der Waals surface area (Å²) in [7, 11) is 0. The Morgan fingerprint density at radius 2 is 1.88 bits per heavy atom. The van der Waals surface area contributed by atoms with E-state index in [4.69, 9.17) is 33.4 Å². The van der Waals surface area contributed by atoms with E-state index >= 15 is 0 Å². The minimum atomic E-state index is -0.386. The van der Waals surface area contributed by atoms with Crippen LogP contribution in [0.4, 0.5) is 11.4 Å². The largest absolute Gasteiger partial charge is 0.451 e. The van der Waals surface area contributed by atoms with Gasteiger partial charge in [-0.1, -0.05) is 35.3 Å². The Kier molecular flexibility index (Phi) is 4.75. The highest BCUT2D eigenvalue weighted by Gasteiger charge is 2.17. The van der Waals surface area contributed by atoms with Gasteiger partial charge in [-0.15, -0.1) is 0 Å². The van der Waals surface area contributed by atoms with Crippen molar-refractivity contribution in [1.29, 1.82) is 0 Å². The zero-order chi connectivity index (χ0) is 18.1. The summed E-state index contributed by atoms with van der Waals surface area (Å²) in [6, 6.07) is 12.2. The first-order chi connectivity index (χ1) is 11.9. The lowest BCUT2D eigenvalue weighted by Gasteiger charge is -2.11. The average molecular weight is 375 g/mol. The van der Waals surface area contributed by atoms with Crippen LogP contribution >= 0.6 is 23.2 Å². The SMILES string of the molecule is Cc1cc(C)c(NC(=O)c2ccc(-c3cccc(Cl)c3Cl)o2)c(N)c1. The second-order valence-electron chi connectivity index (χ2n) is 5.77. The molecule has 1 heterocycles. The number of hydrogen-bond donors (Lipinski definition) is 2. The number of aryl methyl sites for hydroxylation is 2. The first-order valence-corrected chi connectivity index (χ1v) is 8.34. The third-order valence-electron chi connectivity index (χ3n) is 3.80. The highest BCUT2D eigenvalue weighted by molar-refractivity contribution is 6.43. The molecule has 0 fully saturated rings. The molecule has 0 aliphatic rings. The van der Waals surface area contributed by atoms with Crippen LogP contribution in [0.5, 0.6) is 0 Å². The first kappa shape index (κ1) is 17.4. The van der Waals surface area contributed by atoms with Crippen LogP contribution in [-0.2, 0) is 0 Å². The van der Waals surface area contributed by atoms with Gasteiger partial charge in [0, 0.05) is 5.56 Å². The van der Waals surface area contributed by atoms with E-state index < -0.39 is 0 Å². The van der Waals surface area contributed by atoms with Crippen molar-refractivity contribution in [1.82, 2.24) is 0 Å². The number of nitrogens with one attached hydrogen (secondary N) is 1. The molecular weight excluding hydrogens is 359 g/mol. The molecule has 3 aromatic rings. The number of carbonyl (C=O) groups is 1. The number of nitrogen functional groups attached to an aromatic ring is 1. The smallest absolute Gasteiger partial charge is 0.291 e. The second-order valence-corrected chi connectivity index (χ2v) is 6.55.